The van der Waals surface area contributed by atoms with E-state index in [0.717, 1.165) is 6.42 Å². The van der Waals surface area contributed by atoms with E-state index in [2.05, 4.69) is 46.8 Å². The molecular formula is C15H19BrFN3O. The van der Waals surface area contributed by atoms with Gasteiger partial charge in [-0.3, -0.25) is 0 Å². The molecule has 1 heterocycles. The Balaban J connectivity index is 2.11. The van der Waals surface area contributed by atoms with Gasteiger partial charge in [-0.2, -0.15) is 4.98 Å². The molecule has 0 aliphatic carbocycles. The van der Waals surface area contributed by atoms with Crippen LogP contribution in [0.4, 0.5) is 4.39 Å². The largest absolute Gasteiger partial charge is 0.339 e. The van der Waals surface area contributed by atoms with Gasteiger partial charge in [0.1, 0.15) is 5.82 Å². The highest BCUT2D eigenvalue weighted by Crippen LogP contribution is 2.24. The first-order valence-corrected chi connectivity index (χ1v) is 7.57. The van der Waals surface area contributed by atoms with E-state index in [1.54, 1.807) is 6.07 Å². The zero-order valence-electron chi connectivity index (χ0n) is 12.4. The van der Waals surface area contributed by atoms with Crippen molar-refractivity contribution in [2.45, 2.75) is 39.7 Å². The molecule has 6 heteroatoms. The van der Waals surface area contributed by atoms with Gasteiger partial charge in [-0.05, 0) is 30.0 Å². The van der Waals surface area contributed by atoms with Crippen LogP contribution in [-0.4, -0.2) is 16.2 Å². The summed E-state index contributed by atoms with van der Waals surface area (Å²) in [7, 11) is 0. The van der Waals surface area contributed by atoms with Gasteiger partial charge >= 0.3 is 0 Å². The first-order chi connectivity index (χ1) is 9.73. The molecule has 1 aromatic heterocycles. The van der Waals surface area contributed by atoms with Gasteiger partial charge in [0.25, 0.3) is 0 Å². The molecule has 0 aliphatic rings. The average molecular weight is 356 g/mol. The molecule has 0 radical (unpaired) electrons. The summed E-state index contributed by atoms with van der Waals surface area (Å²) in [5.74, 6) is 0.491. The molecular weight excluding hydrogens is 337 g/mol. The van der Waals surface area contributed by atoms with Crippen LogP contribution in [0.2, 0.25) is 0 Å². The molecule has 2 aromatic rings. The number of nitrogens with zero attached hydrogens (tertiary/aromatic N) is 2. The van der Waals surface area contributed by atoms with Crippen LogP contribution in [0.5, 0.6) is 0 Å². The molecule has 0 spiro atoms. The SMILES string of the molecule is CC(C)(C)CC(N)Cc1nc(-c2cc(F)cc(Br)c2)no1. The predicted octanol–water partition coefficient (Wildman–Crippen LogP) is 3.94. The van der Waals surface area contributed by atoms with Crippen molar-refractivity contribution in [3.63, 3.8) is 0 Å². The van der Waals surface area contributed by atoms with E-state index >= 15 is 0 Å². The molecule has 2 N–H and O–H groups in total. The monoisotopic (exact) mass is 355 g/mol. The third-order valence-electron chi connectivity index (χ3n) is 2.90. The Kier molecular flexibility index (Phi) is 4.78. The van der Waals surface area contributed by atoms with Crippen LogP contribution in [0.15, 0.2) is 27.2 Å². The Morgan fingerprint density at radius 3 is 2.67 bits per heavy atom. The smallest absolute Gasteiger partial charge is 0.228 e. The summed E-state index contributed by atoms with van der Waals surface area (Å²) in [5, 5.41) is 3.89. The lowest BCUT2D eigenvalue weighted by Gasteiger charge is -2.21. The van der Waals surface area contributed by atoms with Gasteiger partial charge in [0.05, 0.1) is 0 Å². The summed E-state index contributed by atoms with van der Waals surface area (Å²) in [4.78, 5) is 4.29. The highest BCUT2D eigenvalue weighted by Gasteiger charge is 2.19. The van der Waals surface area contributed by atoms with Gasteiger partial charge in [-0.15, -0.1) is 0 Å². The lowest BCUT2D eigenvalue weighted by molar-refractivity contribution is 0.313. The molecule has 0 aliphatic heterocycles. The van der Waals surface area contributed by atoms with Crippen LogP contribution in [0.3, 0.4) is 0 Å². The maximum atomic E-state index is 13.4. The van der Waals surface area contributed by atoms with Gasteiger partial charge in [0.15, 0.2) is 0 Å². The molecule has 21 heavy (non-hydrogen) atoms. The molecule has 0 amide bonds. The Labute approximate surface area is 132 Å². The predicted molar refractivity (Wildman–Crippen MR) is 83.1 cm³/mol. The summed E-state index contributed by atoms with van der Waals surface area (Å²) in [6.45, 7) is 6.41. The lowest BCUT2D eigenvalue weighted by Crippen LogP contribution is -2.28. The molecule has 1 atom stereocenters. The standard InChI is InChI=1S/C15H19BrFN3O/c1-15(2,3)8-12(18)7-13-19-14(20-21-13)9-4-10(16)6-11(17)5-9/h4-6,12H,7-8,18H2,1-3H3. The number of benzene rings is 1. The van der Waals surface area contributed by atoms with E-state index < -0.39 is 0 Å². The lowest BCUT2D eigenvalue weighted by atomic mass is 9.87. The van der Waals surface area contributed by atoms with E-state index in [1.165, 1.54) is 12.1 Å². The summed E-state index contributed by atoms with van der Waals surface area (Å²) < 4.78 is 19.2. The van der Waals surface area contributed by atoms with Gasteiger partial charge in [0.2, 0.25) is 11.7 Å². The fourth-order valence-electron chi connectivity index (χ4n) is 2.22. The minimum absolute atomic E-state index is 0.0439. The molecule has 4 nitrogen and oxygen atoms in total. The van der Waals surface area contributed by atoms with E-state index in [1.807, 2.05) is 0 Å². The number of aromatic nitrogens is 2. The summed E-state index contributed by atoms with van der Waals surface area (Å²) in [6.07, 6.45) is 1.37. The fraction of sp³-hybridized carbons (Fsp3) is 0.467. The number of nitrogens with two attached hydrogens (primary N) is 1. The Morgan fingerprint density at radius 2 is 2.05 bits per heavy atom. The zero-order chi connectivity index (χ0) is 15.6. The minimum atomic E-state index is -0.352. The number of hydrogen-bond donors (Lipinski definition) is 1. The van der Waals surface area contributed by atoms with Crippen molar-refractivity contribution >= 4 is 15.9 Å². The van der Waals surface area contributed by atoms with Gasteiger partial charge in [0, 0.05) is 22.5 Å². The van der Waals surface area contributed by atoms with E-state index in [0.29, 0.717) is 28.2 Å². The van der Waals surface area contributed by atoms with Crippen LogP contribution in [0.25, 0.3) is 11.4 Å². The summed E-state index contributed by atoms with van der Waals surface area (Å²) >= 11 is 3.24. The molecule has 1 aromatic carbocycles. The fourth-order valence-corrected chi connectivity index (χ4v) is 2.69. The maximum absolute atomic E-state index is 13.4. The van der Waals surface area contributed by atoms with Gasteiger partial charge in [-0.25, -0.2) is 4.39 Å². The Morgan fingerprint density at radius 1 is 1.33 bits per heavy atom. The Bertz CT molecular complexity index is 601. The van der Waals surface area contributed by atoms with E-state index in [-0.39, 0.29) is 17.3 Å². The van der Waals surface area contributed by atoms with E-state index in [4.69, 9.17) is 10.3 Å². The minimum Gasteiger partial charge on any atom is -0.339 e. The topological polar surface area (TPSA) is 64.9 Å². The molecule has 0 bridgehead atoms. The van der Waals surface area contributed by atoms with Gasteiger partial charge < -0.3 is 10.3 Å². The van der Waals surface area contributed by atoms with Crippen LogP contribution < -0.4 is 5.73 Å². The van der Waals surface area contributed by atoms with Crippen LogP contribution in [0.1, 0.15) is 33.1 Å². The quantitative estimate of drug-likeness (QED) is 0.901. The van der Waals surface area contributed by atoms with Crippen molar-refractivity contribution in [2.75, 3.05) is 0 Å². The van der Waals surface area contributed by atoms with Crippen molar-refractivity contribution in [3.8, 4) is 11.4 Å². The number of halogens is 2. The normalized spacial score (nSPS) is 13.4. The Hall–Kier alpha value is -1.27. The number of hydrogen-bond acceptors (Lipinski definition) is 4. The van der Waals surface area contributed by atoms with Crippen molar-refractivity contribution in [3.05, 3.63) is 34.4 Å². The molecule has 2 rings (SSSR count). The van der Waals surface area contributed by atoms with Crippen LogP contribution >= 0.6 is 15.9 Å². The summed E-state index contributed by atoms with van der Waals surface area (Å²) in [6, 6.07) is 4.45. The second-order valence-electron chi connectivity index (χ2n) is 6.40. The summed E-state index contributed by atoms with van der Waals surface area (Å²) in [5.41, 5.74) is 6.81. The van der Waals surface area contributed by atoms with Crippen LogP contribution in [-0.2, 0) is 6.42 Å². The molecule has 1 unspecified atom stereocenters. The van der Waals surface area contributed by atoms with Gasteiger partial charge in [-0.1, -0.05) is 41.9 Å². The third-order valence-corrected chi connectivity index (χ3v) is 3.36. The number of rotatable bonds is 4. The van der Waals surface area contributed by atoms with Crippen molar-refractivity contribution < 1.29 is 8.91 Å². The maximum Gasteiger partial charge on any atom is 0.228 e. The first-order valence-electron chi connectivity index (χ1n) is 6.77. The molecule has 0 saturated carbocycles. The average Bonchev–Trinajstić information content (AvgIpc) is 2.73. The highest BCUT2D eigenvalue weighted by molar-refractivity contribution is 9.10. The van der Waals surface area contributed by atoms with Crippen LogP contribution in [0, 0.1) is 11.2 Å². The molecule has 0 fully saturated rings. The molecule has 0 saturated heterocycles. The third kappa shape index (κ3) is 4.89. The second-order valence-corrected chi connectivity index (χ2v) is 7.31. The zero-order valence-corrected chi connectivity index (χ0v) is 13.9. The van der Waals surface area contributed by atoms with Crippen molar-refractivity contribution in [1.82, 2.24) is 10.1 Å². The first kappa shape index (κ1) is 16.1. The van der Waals surface area contributed by atoms with Crippen molar-refractivity contribution in [1.29, 1.82) is 0 Å². The second kappa shape index (κ2) is 6.23. The van der Waals surface area contributed by atoms with Crippen molar-refractivity contribution in [2.24, 2.45) is 11.1 Å². The van der Waals surface area contributed by atoms with E-state index in [9.17, 15) is 4.39 Å². The molecule has 114 valence electrons. The highest BCUT2D eigenvalue weighted by atomic mass is 79.9.